The molecule has 1 unspecified atom stereocenters. The molecule has 114 valence electrons. The molecule has 1 amide bonds. The van der Waals surface area contributed by atoms with E-state index in [9.17, 15) is 27.2 Å². The number of carbonyl (C=O) groups is 2. The van der Waals surface area contributed by atoms with Gasteiger partial charge in [0.2, 0.25) is 0 Å². The second-order valence-corrected chi connectivity index (χ2v) is 4.70. The van der Waals surface area contributed by atoms with Gasteiger partial charge in [-0.05, 0) is 25.3 Å². The van der Waals surface area contributed by atoms with Crippen molar-refractivity contribution in [2.24, 2.45) is 0 Å². The predicted octanol–water partition coefficient (Wildman–Crippen LogP) is 2.32. The number of carboxylic acid groups (broad SMARTS) is 1. The molecular formula is C13H11F4NO3. The minimum atomic E-state index is -2.10. The number of carboxylic acids is 1. The zero-order chi connectivity index (χ0) is 15.7. The summed E-state index contributed by atoms with van der Waals surface area (Å²) in [6.07, 6.45) is 1.22. The molecule has 1 aliphatic heterocycles. The average molecular weight is 305 g/mol. The Morgan fingerprint density at radius 2 is 1.76 bits per heavy atom. The summed E-state index contributed by atoms with van der Waals surface area (Å²) in [6, 6.07) is -0.953. The third kappa shape index (κ3) is 2.70. The molecular weight excluding hydrogens is 294 g/mol. The van der Waals surface area contributed by atoms with Crippen molar-refractivity contribution in [3.05, 3.63) is 34.9 Å². The normalized spacial score (nSPS) is 18.7. The molecule has 1 atom stereocenters. The Morgan fingerprint density at radius 3 is 2.38 bits per heavy atom. The highest BCUT2D eigenvalue weighted by Gasteiger charge is 2.35. The number of amides is 1. The largest absolute Gasteiger partial charge is 0.480 e. The smallest absolute Gasteiger partial charge is 0.326 e. The fourth-order valence-corrected chi connectivity index (χ4v) is 2.31. The van der Waals surface area contributed by atoms with Crippen LogP contribution in [-0.4, -0.2) is 34.5 Å². The number of rotatable bonds is 2. The molecule has 0 bridgehead atoms. The number of nitrogens with zero attached hydrogens (tertiary/aromatic N) is 1. The molecule has 0 spiro atoms. The molecule has 1 aliphatic rings. The van der Waals surface area contributed by atoms with Gasteiger partial charge in [-0.3, -0.25) is 4.79 Å². The van der Waals surface area contributed by atoms with Crippen molar-refractivity contribution in [1.82, 2.24) is 4.90 Å². The SMILES string of the molecule is O=C(O)C1CCCCN1C(=O)c1cc(F)c(F)c(F)c1F. The second kappa shape index (κ2) is 5.71. The minimum Gasteiger partial charge on any atom is -0.480 e. The third-order valence-electron chi connectivity index (χ3n) is 3.38. The minimum absolute atomic E-state index is 0.0237. The summed E-state index contributed by atoms with van der Waals surface area (Å²) >= 11 is 0. The van der Waals surface area contributed by atoms with Gasteiger partial charge in [0.15, 0.2) is 23.3 Å². The molecule has 1 saturated heterocycles. The fraction of sp³-hybridized carbons (Fsp3) is 0.385. The van der Waals surface area contributed by atoms with Gasteiger partial charge in [-0.15, -0.1) is 0 Å². The van der Waals surface area contributed by atoms with Gasteiger partial charge < -0.3 is 10.0 Å². The van der Waals surface area contributed by atoms with Crippen LogP contribution in [-0.2, 0) is 4.79 Å². The fourth-order valence-electron chi connectivity index (χ4n) is 2.31. The lowest BCUT2D eigenvalue weighted by molar-refractivity contribution is -0.143. The van der Waals surface area contributed by atoms with Crippen LogP contribution in [0.25, 0.3) is 0 Å². The number of piperidine rings is 1. The third-order valence-corrected chi connectivity index (χ3v) is 3.38. The van der Waals surface area contributed by atoms with Crippen LogP contribution < -0.4 is 0 Å². The average Bonchev–Trinajstić information content (AvgIpc) is 2.48. The standard InChI is InChI=1S/C13H11F4NO3/c14-7-5-6(9(15)11(17)10(7)16)12(19)18-4-2-1-3-8(18)13(20)21/h5,8H,1-4H2,(H,20,21). The van der Waals surface area contributed by atoms with E-state index in [4.69, 9.17) is 5.11 Å². The molecule has 1 N–H and O–H groups in total. The first-order valence-corrected chi connectivity index (χ1v) is 6.21. The summed E-state index contributed by atoms with van der Waals surface area (Å²) in [6.45, 7) is 0.0237. The van der Waals surface area contributed by atoms with Gasteiger partial charge in [0, 0.05) is 6.54 Å². The van der Waals surface area contributed by atoms with Crippen molar-refractivity contribution in [1.29, 1.82) is 0 Å². The monoisotopic (exact) mass is 305 g/mol. The van der Waals surface area contributed by atoms with Gasteiger partial charge in [0.1, 0.15) is 6.04 Å². The van der Waals surface area contributed by atoms with Crippen molar-refractivity contribution < 1.29 is 32.3 Å². The van der Waals surface area contributed by atoms with Gasteiger partial charge in [-0.2, -0.15) is 0 Å². The molecule has 8 heteroatoms. The van der Waals surface area contributed by atoms with Crippen LogP contribution in [0.15, 0.2) is 6.07 Å². The lowest BCUT2D eigenvalue weighted by Gasteiger charge is -2.33. The molecule has 21 heavy (non-hydrogen) atoms. The van der Waals surface area contributed by atoms with Crippen LogP contribution in [0.1, 0.15) is 29.6 Å². The first-order chi connectivity index (χ1) is 9.84. The molecule has 0 aliphatic carbocycles. The lowest BCUT2D eigenvalue weighted by atomic mass is 10.0. The van der Waals surface area contributed by atoms with Gasteiger partial charge in [-0.1, -0.05) is 0 Å². The van der Waals surface area contributed by atoms with Crippen molar-refractivity contribution in [2.75, 3.05) is 6.54 Å². The molecule has 0 aromatic heterocycles. The quantitative estimate of drug-likeness (QED) is 0.518. The Balaban J connectivity index is 2.42. The Labute approximate surface area is 117 Å². The van der Waals surface area contributed by atoms with E-state index in [2.05, 4.69) is 0 Å². The second-order valence-electron chi connectivity index (χ2n) is 4.70. The van der Waals surface area contributed by atoms with E-state index < -0.39 is 46.8 Å². The summed E-state index contributed by atoms with van der Waals surface area (Å²) in [5.41, 5.74) is -1.01. The van der Waals surface area contributed by atoms with E-state index in [1.807, 2.05) is 0 Å². The van der Waals surface area contributed by atoms with Crippen LogP contribution >= 0.6 is 0 Å². The molecule has 4 nitrogen and oxygen atoms in total. The number of likely N-dealkylation sites (tertiary alicyclic amines) is 1. The van der Waals surface area contributed by atoms with Gasteiger partial charge >= 0.3 is 5.97 Å². The molecule has 0 radical (unpaired) electrons. The van der Waals surface area contributed by atoms with Crippen molar-refractivity contribution in [3.8, 4) is 0 Å². The maximum Gasteiger partial charge on any atom is 0.326 e. The van der Waals surface area contributed by atoms with Crippen LogP contribution in [0.3, 0.4) is 0 Å². The number of halogens is 4. The van der Waals surface area contributed by atoms with Crippen LogP contribution in [0.5, 0.6) is 0 Å². The highest BCUT2D eigenvalue weighted by molar-refractivity contribution is 5.97. The first-order valence-electron chi connectivity index (χ1n) is 6.21. The molecule has 0 saturated carbocycles. The first kappa shape index (κ1) is 15.3. The number of hydrogen-bond acceptors (Lipinski definition) is 2. The van der Waals surface area contributed by atoms with Crippen molar-refractivity contribution in [3.63, 3.8) is 0 Å². The summed E-state index contributed by atoms with van der Waals surface area (Å²) < 4.78 is 52.8. The summed E-state index contributed by atoms with van der Waals surface area (Å²) in [5, 5.41) is 9.03. The zero-order valence-electron chi connectivity index (χ0n) is 10.7. The van der Waals surface area contributed by atoms with Gasteiger partial charge in [0.25, 0.3) is 5.91 Å². The van der Waals surface area contributed by atoms with Crippen LogP contribution in [0.2, 0.25) is 0 Å². The molecule has 1 fully saturated rings. The lowest BCUT2D eigenvalue weighted by Crippen LogP contribution is -2.48. The van der Waals surface area contributed by atoms with Gasteiger partial charge in [0.05, 0.1) is 5.56 Å². The molecule has 1 heterocycles. The Bertz CT molecular complexity index is 606. The summed E-state index contributed by atoms with van der Waals surface area (Å²) in [5.74, 6) is -10.1. The van der Waals surface area contributed by atoms with Crippen LogP contribution in [0.4, 0.5) is 17.6 Å². The highest BCUT2D eigenvalue weighted by atomic mass is 19.2. The number of hydrogen-bond donors (Lipinski definition) is 1. The summed E-state index contributed by atoms with van der Waals surface area (Å²) in [7, 11) is 0. The highest BCUT2D eigenvalue weighted by Crippen LogP contribution is 2.24. The molecule has 1 aromatic carbocycles. The molecule has 2 rings (SSSR count). The Hall–Kier alpha value is -2.12. The number of benzene rings is 1. The van der Waals surface area contributed by atoms with Crippen molar-refractivity contribution in [2.45, 2.75) is 25.3 Å². The molecule has 1 aromatic rings. The van der Waals surface area contributed by atoms with E-state index in [0.29, 0.717) is 12.8 Å². The van der Waals surface area contributed by atoms with E-state index in [1.54, 1.807) is 0 Å². The van der Waals surface area contributed by atoms with E-state index in [0.717, 1.165) is 4.90 Å². The maximum atomic E-state index is 13.6. The Kier molecular flexibility index (Phi) is 4.15. The van der Waals surface area contributed by atoms with E-state index in [1.165, 1.54) is 0 Å². The van der Waals surface area contributed by atoms with Crippen LogP contribution in [0, 0.1) is 23.3 Å². The topological polar surface area (TPSA) is 57.6 Å². The summed E-state index contributed by atoms with van der Waals surface area (Å²) in [4.78, 5) is 24.0. The van der Waals surface area contributed by atoms with Crippen molar-refractivity contribution >= 4 is 11.9 Å². The van der Waals surface area contributed by atoms with E-state index >= 15 is 0 Å². The number of carbonyl (C=O) groups excluding carboxylic acids is 1. The zero-order valence-corrected chi connectivity index (χ0v) is 10.7. The predicted molar refractivity (Wildman–Crippen MR) is 62.6 cm³/mol. The number of aliphatic carboxylic acids is 1. The van der Waals surface area contributed by atoms with Gasteiger partial charge in [-0.25, -0.2) is 22.4 Å². The van der Waals surface area contributed by atoms with E-state index in [-0.39, 0.29) is 19.0 Å². The Morgan fingerprint density at radius 1 is 1.10 bits per heavy atom. The maximum absolute atomic E-state index is 13.6.